The van der Waals surface area contributed by atoms with E-state index in [1.807, 2.05) is 38.2 Å². The van der Waals surface area contributed by atoms with Crippen molar-refractivity contribution in [1.82, 2.24) is 15.1 Å². The smallest absolute Gasteiger partial charge is 0.193 e. The molecule has 0 aliphatic carbocycles. The zero-order valence-corrected chi connectivity index (χ0v) is 19.2. The van der Waals surface area contributed by atoms with Gasteiger partial charge in [0.05, 0.1) is 0 Å². The Morgan fingerprint density at radius 1 is 1.21 bits per heavy atom. The van der Waals surface area contributed by atoms with Gasteiger partial charge in [-0.05, 0) is 43.8 Å². The molecule has 1 aliphatic rings. The van der Waals surface area contributed by atoms with E-state index in [0.717, 1.165) is 36.6 Å². The van der Waals surface area contributed by atoms with Crippen molar-refractivity contribution in [2.24, 2.45) is 4.99 Å². The van der Waals surface area contributed by atoms with Gasteiger partial charge in [0.25, 0.3) is 0 Å². The molecule has 1 atom stereocenters. The Balaban J connectivity index is 0.00000280. The van der Waals surface area contributed by atoms with Crippen molar-refractivity contribution in [3.05, 3.63) is 71.0 Å². The Morgan fingerprint density at radius 2 is 1.96 bits per heavy atom. The fourth-order valence-electron chi connectivity index (χ4n) is 3.66. The second-order valence-electron chi connectivity index (χ2n) is 7.41. The molecule has 0 aromatic heterocycles. The minimum absolute atomic E-state index is 0. The first-order valence-corrected chi connectivity index (χ1v) is 9.49. The van der Waals surface area contributed by atoms with Crippen LogP contribution in [0.15, 0.2) is 53.5 Å². The zero-order valence-electron chi connectivity index (χ0n) is 16.9. The summed E-state index contributed by atoms with van der Waals surface area (Å²) in [4.78, 5) is 8.73. The van der Waals surface area contributed by atoms with Crippen LogP contribution in [-0.2, 0) is 13.1 Å². The Hall–Kier alpha value is -1.67. The van der Waals surface area contributed by atoms with Crippen molar-refractivity contribution in [2.75, 3.05) is 34.2 Å². The van der Waals surface area contributed by atoms with Crippen LogP contribution < -0.4 is 5.32 Å². The molecule has 4 nitrogen and oxygen atoms in total. The van der Waals surface area contributed by atoms with Crippen LogP contribution in [0.4, 0.5) is 4.39 Å². The lowest BCUT2D eigenvalue weighted by Gasteiger charge is -2.22. The van der Waals surface area contributed by atoms with Crippen LogP contribution in [0.1, 0.15) is 29.0 Å². The lowest BCUT2D eigenvalue weighted by atomic mass is 9.99. The molecule has 1 N–H and O–H groups in total. The van der Waals surface area contributed by atoms with Crippen LogP contribution in [0.3, 0.4) is 0 Å². The monoisotopic (exact) mass is 496 g/mol. The summed E-state index contributed by atoms with van der Waals surface area (Å²) < 4.78 is 14.0. The molecule has 2 aromatic carbocycles. The Labute approximate surface area is 184 Å². The van der Waals surface area contributed by atoms with Gasteiger partial charge in [0.1, 0.15) is 5.82 Å². The summed E-state index contributed by atoms with van der Waals surface area (Å²) in [7, 11) is 5.71. The predicted octanol–water partition coefficient (Wildman–Crippen LogP) is 4.07. The van der Waals surface area contributed by atoms with Gasteiger partial charge in [0.15, 0.2) is 5.96 Å². The van der Waals surface area contributed by atoms with Crippen molar-refractivity contribution < 1.29 is 4.39 Å². The average molecular weight is 496 g/mol. The molecule has 0 spiro atoms. The molecule has 0 amide bonds. The molecule has 152 valence electrons. The molecule has 1 fully saturated rings. The van der Waals surface area contributed by atoms with Crippen molar-refractivity contribution in [3.63, 3.8) is 0 Å². The number of halogens is 2. The van der Waals surface area contributed by atoms with Crippen LogP contribution in [-0.4, -0.2) is 50.0 Å². The third-order valence-electron chi connectivity index (χ3n) is 5.02. The van der Waals surface area contributed by atoms with Crippen molar-refractivity contribution in [2.45, 2.75) is 25.4 Å². The molecule has 6 heteroatoms. The number of benzene rings is 2. The molecule has 1 heterocycles. The molecule has 0 radical (unpaired) electrons. The van der Waals surface area contributed by atoms with Gasteiger partial charge in [-0.25, -0.2) is 4.39 Å². The van der Waals surface area contributed by atoms with E-state index in [4.69, 9.17) is 0 Å². The number of hydrogen-bond acceptors (Lipinski definition) is 2. The normalized spacial score (nSPS) is 17.0. The summed E-state index contributed by atoms with van der Waals surface area (Å²) in [6, 6.07) is 16.0. The quantitative estimate of drug-likeness (QED) is 0.385. The third-order valence-corrected chi connectivity index (χ3v) is 5.02. The first-order chi connectivity index (χ1) is 13.1. The van der Waals surface area contributed by atoms with Crippen molar-refractivity contribution in [1.29, 1.82) is 0 Å². The van der Waals surface area contributed by atoms with Crippen LogP contribution in [0.2, 0.25) is 0 Å². The number of likely N-dealkylation sites (tertiary alicyclic amines) is 1. The Morgan fingerprint density at radius 3 is 2.64 bits per heavy atom. The molecule has 1 saturated heterocycles. The summed E-state index contributed by atoms with van der Waals surface area (Å²) in [6.45, 7) is 3.20. The average Bonchev–Trinajstić information content (AvgIpc) is 3.15. The molecule has 1 aliphatic heterocycles. The van der Waals surface area contributed by atoms with E-state index >= 15 is 0 Å². The minimum atomic E-state index is -0.151. The Kier molecular flexibility index (Phi) is 8.69. The lowest BCUT2D eigenvalue weighted by Crippen LogP contribution is -2.39. The van der Waals surface area contributed by atoms with E-state index in [0.29, 0.717) is 19.0 Å². The van der Waals surface area contributed by atoms with Gasteiger partial charge in [0, 0.05) is 44.7 Å². The minimum Gasteiger partial charge on any atom is -0.352 e. The molecule has 3 rings (SSSR count). The highest BCUT2D eigenvalue weighted by molar-refractivity contribution is 14.0. The number of rotatable bonds is 5. The lowest BCUT2D eigenvalue weighted by molar-refractivity contribution is 0.392. The van der Waals surface area contributed by atoms with E-state index < -0.39 is 0 Å². The molecular formula is C22H30FIN4. The van der Waals surface area contributed by atoms with Gasteiger partial charge < -0.3 is 15.1 Å². The van der Waals surface area contributed by atoms with Gasteiger partial charge in [-0.3, -0.25) is 4.99 Å². The summed E-state index contributed by atoms with van der Waals surface area (Å²) in [5, 5.41) is 3.44. The largest absolute Gasteiger partial charge is 0.352 e. The summed E-state index contributed by atoms with van der Waals surface area (Å²) in [5.74, 6) is 1.30. The van der Waals surface area contributed by atoms with Gasteiger partial charge in [0.2, 0.25) is 0 Å². The molecule has 0 bridgehead atoms. The van der Waals surface area contributed by atoms with Crippen LogP contribution in [0.25, 0.3) is 0 Å². The SMILES string of the molecule is CN=C(NCc1ccc(F)c(CN(C)C)c1)N1CCC(c2ccccc2)C1.I. The summed E-state index contributed by atoms with van der Waals surface area (Å²) >= 11 is 0. The molecule has 28 heavy (non-hydrogen) atoms. The number of nitrogens with one attached hydrogen (secondary N) is 1. The van der Waals surface area contributed by atoms with Gasteiger partial charge >= 0.3 is 0 Å². The van der Waals surface area contributed by atoms with E-state index in [-0.39, 0.29) is 29.8 Å². The van der Waals surface area contributed by atoms with Crippen molar-refractivity contribution in [3.8, 4) is 0 Å². The molecular weight excluding hydrogens is 466 g/mol. The topological polar surface area (TPSA) is 30.9 Å². The maximum atomic E-state index is 14.0. The van der Waals surface area contributed by atoms with Crippen LogP contribution in [0.5, 0.6) is 0 Å². The molecule has 0 saturated carbocycles. The predicted molar refractivity (Wildman–Crippen MR) is 125 cm³/mol. The third kappa shape index (κ3) is 5.91. The fraction of sp³-hybridized carbons (Fsp3) is 0.409. The highest BCUT2D eigenvalue weighted by atomic mass is 127. The van der Waals surface area contributed by atoms with E-state index in [9.17, 15) is 4.39 Å². The maximum absolute atomic E-state index is 14.0. The number of hydrogen-bond donors (Lipinski definition) is 1. The van der Waals surface area contributed by atoms with E-state index in [1.54, 1.807) is 6.07 Å². The first-order valence-electron chi connectivity index (χ1n) is 9.49. The fourth-order valence-corrected chi connectivity index (χ4v) is 3.66. The van der Waals surface area contributed by atoms with E-state index in [1.165, 1.54) is 5.56 Å². The number of guanidine groups is 1. The second kappa shape index (κ2) is 10.8. The number of nitrogens with zero attached hydrogens (tertiary/aromatic N) is 3. The molecule has 2 aromatic rings. The van der Waals surface area contributed by atoms with Crippen molar-refractivity contribution >= 4 is 29.9 Å². The summed E-state index contributed by atoms with van der Waals surface area (Å²) in [5.41, 5.74) is 3.18. The Bertz CT molecular complexity index is 779. The highest BCUT2D eigenvalue weighted by Crippen LogP contribution is 2.26. The summed E-state index contributed by atoms with van der Waals surface area (Å²) in [6.07, 6.45) is 1.13. The maximum Gasteiger partial charge on any atom is 0.193 e. The van der Waals surface area contributed by atoms with Gasteiger partial charge in [-0.2, -0.15) is 0 Å². The molecule has 1 unspecified atom stereocenters. The van der Waals surface area contributed by atoms with Gasteiger partial charge in [-0.15, -0.1) is 24.0 Å². The van der Waals surface area contributed by atoms with Crippen LogP contribution >= 0.6 is 24.0 Å². The standard InChI is InChI=1S/C22H29FN4.HI/c1-24-22(27-12-11-19(16-27)18-7-5-4-6-8-18)25-14-17-9-10-21(23)20(13-17)15-26(2)3;/h4-10,13,19H,11-12,14-16H2,1-3H3,(H,24,25);1H. The van der Waals surface area contributed by atoms with Gasteiger partial charge in [-0.1, -0.05) is 36.4 Å². The zero-order chi connectivity index (χ0) is 19.2. The second-order valence-corrected chi connectivity index (χ2v) is 7.41. The highest BCUT2D eigenvalue weighted by Gasteiger charge is 2.25. The number of aliphatic imine (C=N–C) groups is 1. The first kappa shape index (κ1) is 22.6. The van der Waals surface area contributed by atoms with E-state index in [2.05, 4.69) is 45.5 Å². The van der Waals surface area contributed by atoms with Crippen LogP contribution in [0, 0.1) is 5.82 Å².